The van der Waals surface area contributed by atoms with Crippen molar-refractivity contribution in [2.45, 2.75) is 39.3 Å². The fourth-order valence-electron chi connectivity index (χ4n) is 4.13. The number of imidazole rings is 1. The molecule has 170 valence electrons. The molecule has 2 aromatic heterocycles. The van der Waals surface area contributed by atoms with Gasteiger partial charge in [0.25, 0.3) is 0 Å². The summed E-state index contributed by atoms with van der Waals surface area (Å²) in [6.45, 7) is 7.84. The maximum absolute atomic E-state index is 14.7. The smallest absolute Gasteiger partial charge is 0.191 e. The summed E-state index contributed by atoms with van der Waals surface area (Å²) in [6.07, 6.45) is 7.58. The fourth-order valence-corrected chi connectivity index (χ4v) is 4.13. The number of aliphatic imine (C=N–C) groups is 1. The summed E-state index contributed by atoms with van der Waals surface area (Å²) < 4.78 is 22.1. The van der Waals surface area contributed by atoms with Crippen LogP contribution in [0.2, 0.25) is 0 Å². The van der Waals surface area contributed by atoms with Gasteiger partial charge in [0, 0.05) is 25.5 Å². The molecule has 0 aliphatic carbocycles. The van der Waals surface area contributed by atoms with E-state index < -0.39 is 0 Å². The predicted octanol–water partition coefficient (Wildman–Crippen LogP) is 3.81. The first kappa shape index (κ1) is 22.1. The molecule has 1 atom stereocenters. The maximum Gasteiger partial charge on any atom is 0.191 e. The van der Waals surface area contributed by atoms with E-state index in [1.807, 2.05) is 32.0 Å². The Morgan fingerprint density at radius 2 is 2.09 bits per heavy atom. The topological polar surface area (TPSA) is 70.6 Å². The van der Waals surface area contributed by atoms with E-state index in [1.165, 1.54) is 18.9 Å². The van der Waals surface area contributed by atoms with Gasteiger partial charge in [0.1, 0.15) is 17.4 Å². The Hall–Kier alpha value is -3.13. The molecule has 4 rings (SSSR count). The minimum absolute atomic E-state index is 0.159. The number of aromatic nitrogens is 2. The molecule has 32 heavy (non-hydrogen) atoms. The number of nitrogens with one attached hydrogen (secondary N) is 2. The molecule has 0 bridgehead atoms. The van der Waals surface area contributed by atoms with Crippen molar-refractivity contribution in [2.75, 3.05) is 26.2 Å². The first-order chi connectivity index (χ1) is 15.7. The Morgan fingerprint density at radius 1 is 1.25 bits per heavy atom. The van der Waals surface area contributed by atoms with Gasteiger partial charge in [0.05, 0.1) is 24.5 Å². The molecule has 1 aliphatic rings. The van der Waals surface area contributed by atoms with E-state index in [4.69, 9.17) is 4.42 Å². The molecule has 1 fully saturated rings. The van der Waals surface area contributed by atoms with Gasteiger partial charge in [0.15, 0.2) is 5.96 Å². The second-order valence-electron chi connectivity index (χ2n) is 7.98. The Morgan fingerprint density at radius 3 is 2.75 bits per heavy atom. The zero-order chi connectivity index (χ0) is 22.3. The van der Waals surface area contributed by atoms with Crippen molar-refractivity contribution >= 4 is 5.96 Å². The van der Waals surface area contributed by atoms with Crippen LogP contribution in [0.5, 0.6) is 0 Å². The van der Waals surface area contributed by atoms with Crippen LogP contribution in [0.3, 0.4) is 0 Å². The lowest BCUT2D eigenvalue weighted by Gasteiger charge is -2.26. The quantitative estimate of drug-likeness (QED) is 0.414. The molecule has 7 nitrogen and oxygen atoms in total. The van der Waals surface area contributed by atoms with Crippen LogP contribution < -0.4 is 10.6 Å². The van der Waals surface area contributed by atoms with Crippen molar-refractivity contribution < 1.29 is 8.81 Å². The van der Waals surface area contributed by atoms with Gasteiger partial charge in [-0.15, -0.1) is 0 Å². The van der Waals surface area contributed by atoms with Gasteiger partial charge in [-0.1, -0.05) is 6.07 Å². The van der Waals surface area contributed by atoms with Crippen LogP contribution in [0.4, 0.5) is 4.39 Å². The maximum atomic E-state index is 14.7. The summed E-state index contributed by atoms with van der Waals surface area (Å²) in [6, 6.07) is 9.34. The van der Waals surface area contributed by atoms with E-state index in [-0.39, 0.29) is 11.9 Å². The number of furan rings is 1. The van der Waals surface area contributed by atoms with Crippen LogP contribution in [0.15, 0.2) is 58.4 Å². The van der Waals surface area contributed by atoms with E-state index in [1.54, 1.807) is 29.3 Å². The highest BCUT2D eigenvalue weighted by Crippen LogP contribution is 2.25. The van der Waals surface area contributed by atoms with Crippen LogP contribution in [0.25, 0.3) is 5.69 Å². The van der Waals surface area contributed by atoms with E-state index in [9.17, 15) is 4.39 Å². The van der Waals surface area contributed by atoms with E-state index >= 15 is 0 Å². The molecular weight excluding hydrogens is 407 g/mol. The lowest BCUT2D eigenvalue weighted by Crippen LogP contribution is -2.42. The Bertz CT molecular complexity index is 1020. The number of hydrogen-bond acceptors (Lipinski definition) is 4. The summed E-state index contributed by atoms with van der Waals surface area (Å²) in [7, 11) is 0. The van der Waals surface area contributed by atoms with Crippen LogP contribution in [0.1, 0.15) is 43.0 Å². The minimum atomic E-state index is -0.288. The van der Waals surface area contributed by atoms with Gasteiger partial charge < -0.3 is 19.6 Å². The SMILES string of the molecule is CCNC(=NCc1ccc(-n2ccnc2C)c(F)c1)NCC(c1ccco1)N1CCCC1. The van der Waals surface area contributed by atoms with Crippen molar-refractivity contribution in [1.29, 1.82) is 0 Å². The molecule has 1 unspecified atom stereocenters. The van der Waals surface area contributed by atoms with E-state index in [0.29, 0.717) is 24.7 Å². The van der Waals surface area contributed by atoms with Crippen LogP contribution in [0, 0.1) is 12.7 Å². The average Bonchev–Trinajstić information content (AvgIpc) is 3.56. The third-order valence-electron chi connectivity index (χ3n) is 5.78. The van der Waals surface area contributed by atoms with Gasteiger partial charge >= 0.3 is 0 Å². The monoisotopic (exact) mass is 438 g/mol. The Labute approximate surface area is 188 Å². The van der Waals surface area contributed by atoms with Gasteiger partial charge in [-0.05, 0) is 69.6 Å². The number of guanidine groups is 1. The minimum Gasteiger partial charge on any atom is -0.468 e. The number of rotatable bonds is 8. The van der Waals surface area contributed by atoms with Crippen molar-refractivity contribution in [3.8, 4) is 5.69 Å². The second kappa shape index (κ2) is 10.5. The molecular formula is C24H31FN6O. The highest BCUT2D eigenvalue weighted by Gasteiger charge is 2.25. The summed E-state index contributed by atoms with van der Waals surface area (Å²) in [5.41, 5.74) is 1.30. The third-order valence-corrected chi connectivity index (χ3v) is 5.78. The zero-order valence-corrected chi connectivity index (χ0v) is 18.7. The first-order valence-electron chi connectivity index (χ1n) is 11.2. The number of benzene rings is 1. The second-order valence-corrected chi connectivity index (χ2v) is 7.98. The largest absolute Gasteiger partial charge is 0.468 e. The third kappa shape index (κ3) is 5.19. The summed E-state index contributed by atoms with van der Waals surface area (Å²) in [5.74, 6) is 2.13. The van der Waals surface area contributed by atoms with Gasteiger partial charge in [0.2, 0.25) is 0 Å². The number of likely N-dealkylation sites (tertiary alicyclic amines) is 1. The summed E-state index contributed by atoms with van der Waals surface area (Å²) in [5, 5.41) is 6.73. The Kier molecular flexibility index (Phi) is 7.21. The van der Waals surface area contributed by atoms with Crippen molar-refractivity contribution in [1.82, 2.24) is 25.1 Å². The highest BCUT2D eigenvalue weighted by molar-refractivity contribution is 5.79. The average molecular weight is 439 g/mol. The molecule has 3 heterocycles. The highest BCUT2D eigenvalue weighted by atomic mass is 19.1. The fraction of sp³-hybridized carbons (Fsp3) is 0.417. The Balaban J connectivity index is 1.43. The van der Waals surface area contributed by atoms with Gasteiger partial charge in [-0.2, -0.15) is 0 Å². The number of nitrogens with zero attached hydrogens (tertiary/aromatic N) is 4. The molecule has 0 radical (unpaired) electrons. The summed E-state index contributed by atoms with van der Waals surface area (Å²) in [4.78, 5) is 11.3. The molecule has 1 aromatic carbocycles. The van der Waals surface area contributed by atoms with Gasteiger partial charge in [-0.3, -0.25) is 4.90 Å². The molecule has 8 heteroatoms. The molecule has 1 saturated heterocycles. The van der Waals surface area contributed by atoms with Crippen LogP contribution >= 0.6 is 0 Å². The normalized spacial score (nSPS) is 15.8. The van der Waals surface area contributed by atoms with Gasteiger partial charge in [-0.25, -0.2) is 14.4 Å². The molecule has 0 saturated carbocycles. The number of hydrogen-bond donors (Lipinski definition) is 2. The summed E-state index contributed by atoms with van der Waals surface area (Å²) >= 11 is 0. The standard InChI is InChI=1S/C24H31FN6O/c1-3-26-24(29-17-22(23-7-6-14-32-23)30-11-4-5-12-30)28-16-19-8-9-21(20(25)15-19)31-13-10-27-18(31)2/h6-10,13-15,22H,3-5,11-12,16-17H2,1-2H3,(H2,26,28,29). The van der Waals surface area contributed by atoms with Crippen LogP contribution in [-0.2, 0) is 6.54 Å². The number of aryl methyl sites for hydroxylation is 1. The molecule has 3 aromatic rings. The predicted molar refractivity (Wildman–Crippen MR) is 123 cm³/mol. The molecule has 0 spiro atoms. The van der Waals surface area contributed by atoms with E-state index in [2.05, 4.69) is 25.5 Å². The molecule has 1 aliphatic heterocycles. The number of halogens is 1. The lowest BCUT2D eigenvalue weighted by molar-refractivity contribution is 0.215. The van der Waals surface area contributed by atoms with Crippen LogP contribution in [-0.4, -0.2) is 46.6 Å². The van der Waals surface area contributed by atoms with Crippen molar-refractivity contribution in [3.05, 3.63) is 72.0 Å². The lowest BCUT2D eigenvalue weighted by atomic mass is 10.2. The first-order valence-corrected chi connectivity index (χ1v) is 11.2. The van der Waals surface area contributed by atoms with Crippen molar-refractivity contribution in [3.63, 3.8) is 0 Å². The molecule has 2 N–H and O–H groups in total. The molecule has 0 amide bonds. The van der Waals surface area contributed by atoms with Crippen molar-refractivity contribution in [2.24, 2.45) is 4.99 Å². The zero-order valence-electron chi connectivity index (χ0n) is 18.7. The van der Waals surface area contributed by atoms with E-state index in [0.717, 1.165) is 36.8 Å².